The molecular formula is C19H29BrN6O3Si. The molecule has 0 saturated carbocycles. The molecule has 30 heavy (non-hydrogen) atoms. The SMILES string of the molecule is C[C@@H](NC(=O)c1cn(COCC[Si](C)(C)C)c2ncc(Br)nc12)C(=O)N1CC(N)C1. The van der Waals surface area contributed by atoms with Gasteiger partial charge in [-0.05, 0) is 28.9 Å². The molecule has 2 amide bonds. The first-order valence-electron chi connectivity index (χ1n) is 9.99. The summed E-state index contributed by atoms with van der Waals surface area (Å²) >= 11 is 3.31. The quantitative estimate of drug-likeness (QED) is 0.425. The van der Waals surface area contributed by atoms with Crippen LogP contribution in [0.15, 0.2) is 17.0 Å². The molecule has 164 valence electrons. The number of carbonyl (C=O) groups is 2. The number of likely N-dealkylation sites (tertiary alicyclic amines) is 1. The molecule has 0 spiro atoms. The van der Waals surface area contributed by atoms with Crippen LogP contribution in [0.2, 0.25) is 25.7 Å². The van der Waals surface area contributed by atoms with Gasteiger partial charge in [-0.15, -0.1) is 0 Å². The number of aromatic nitrogens is 3. The zero-order valence-electron chi connectivity index (χ0n) is 17.8. The van der Waals surface area contributed by atoms with Gasteiger partial charge >= 0.3 is 0 Å². The third-order valence-corrected chi connectivity index (χ3v) is 7.03. The van der Waals surface area contributed by atoms with Gasteiger partial charge in [-0.25, -0.2) is 9.97 Å². The Kier molecular flexibility index (Phi) is 6.95. The molecule has 3 rings (SSSR count). The standard InChI is InChI=1S/C19H29BrN6O3Si/c1-12(19(28)25-8-13(21)9-25)23-18(27)14-10-26(11-29-5-6-30(2,3)4)17-16(14)24-15(20)7-22-17/h7,10,12-13H,5-6,8-9,11,21H2,1-4H3,(H,23,27)/t12-/m1/s1. The number of hydrogen-bond acceptors (Lipinski definition) is 6. The Hall–Kier alpha value is -1.82. The van der Waals surface area contributed by atoms with Crippen LogP contribution in [-0.4, -0.2) is 71.1 Å². The number of nitrogens with two attached hydrogens (primary N) is 1. The van der Waals surface area contributed by atoms with E-state index in [0.29, 0.717) is 41.0 Å². The fourth-order valence-electron chi connectivity index (χ4n) is 3.14. The Balaban J connectivity index is 1.73. The molecule has 3 heterocycles. The van der Waals surface area contributed by atoms with Gasteiger partial charge in [-0.2, -0.15) is 0 Å². The first-order valence-corrected chi connectivity index (χ1v) is 14.5. The second-order valence-electron chi connectivity index (χ2n) is 8.92. The van der Waals surface area contributed by atoms with Gasteiger partial charge in [0.05, 0.1) is 11.8 Å². The van der Waals surface area contributed by atoms with Crippen LogP contribution in [0.3, 0.4) is 0 Å². The maximum absolute atomic E-state index is 12.9. The summed E-state index contributed by atoms with van der Waals surface area (Å²) in [7, 11) is -1.19. The van der Waals surface area contributed by atoms with Gasteiger partial charge in [-0.1, -0.05) is 19.6 Å². The average Bonchev–Trinajstić information content (AvgIpc) is 2.99. The molecule has 2 aromatic rings. The van der Waals surface area contributed by atoms with Crippen LogP contribution >= 0.6 is 15.9 Å². The summed E-state index contributed by atoms with van der Waals surface area (Å²) in [5.74, 6) is -0.519. The molecule has 1 atom stereocenters. The normalized spacial score (nSPS) is 15.9. The van der Waals surface area contributed by atoms with E-state index in [0.717, 1.165) is 6.04 Å². The predicted octanol–water partition coefficient (Wildman–Crippen LogP) is 1.79. The van der Waals surface area contributed by atoms with Gasteiger partial charge in [0, 0.05) is 40.0 Å². The second-order valence-corrected chi connectivity index (χ2v) is 15.4. The van der Waals surface area contributed by atoms with Gasteiger partial charge < -0.3 is 25.3 Å². The Morgan fingerprint density at radius 1 is 1.40 bits per heavy atom. The van der Waals surface area contributed by atoms with Gasteiger partial charge in [0.2, 0.25) is 5.91 Å². The van der Waals surface area contributed by atoms with E-state index in [4.69, 9.17) is 10.5 Å². The van der Waals surface area contributed by atoms with Crippen molar-refractivity contribution in [1.29, 1.82) is 0 Å². The lowest BCUT2D eigenvalue weighted by Crippen LogP contribution is -2.61. The molecule has 0 unspecified atom stereocenters. The number of carbonyl (C=O) groups excluding carboxylic acids is 2. The van der Waals surface area contributed by atoms with Crippen LogP contribution in [0.25, 0.3) is 11.2 Å². The molecule has 1 aliphatic rings. The average molecular weight is 497 g/mol. The van der Waals surface area contributed by atoms with Crippen LogP contribution in [0.4, 0.5) is 0 Å². The number of ether oxygens (including phenoxy) is 1. The highest BCUT2D eigenvalue weighted by molar-refractivity contribution is 9.10. The van der Waals surface area contributed by atoms with Crippen LogP contribution in [0.5, 0.6) is 0 Å². The van der Waals surface area contributed by atoms with Crippen LogP contribution < -0.4 is 11.1 Å². The maximum atomic E-state index is 12.9. The summed E-state index contributed by atoms with van der Waals surface area (Å²) in [5, 5.41) is 2.77. The highest BCUT2D eigenvalue weighted by atomic mass is 79.9. The van der Waals surface area contributed by atoms with Crippen molar-refractivity contribution >= 4 is 47.0 Å². The fourth-order valence-corrected chi connectivity index (χ4v) is 4.18. The molecule has 0 bridgehead atoms. The predicted molar refractivity (Wildman–Crippen MR) is 121 cm³/mol. The lowest BCUT2D eigenvalue weighted by atomic mass is 10.1. The topological polar surface area (TPSA) is 115 Å². The van der Waals surface area contributed by atoms with E-state index in [2.05, 4.69) is 50.9 Å². The molecule has 9 nitrogen and oxygen atoms in total. The van der Waals surface area contributed by atoms with Crippen LogP contribution in [0.1, 0.15) is 17.3 Å². The van der Waals surface area contributed by atoms with Gasteiger partial charge in [0.25, 0.3) is 5.91 Å². The maximum Gasteiger partial charge on any atom is 0.255 e. The largest absolute Gasteiger partial charge is 0.361 e. The molecule has 1 aliphatic heterocycles. The number of hydrogen-bond donors (Lipinski definition) is 2. The van der Waals surface area contributed by atoms with Gasteiger partial charge in [-0.3, -0.25) is 9.59 Å². The minimum atomic E-state index is -1.19. The highest BCUT2D eigenvalue weighted by Gasteiger charge is 2.31. The number of halogens is 1. The lowest BCUT2D eigenvalue weighted by Gasteiger charge is -2.38. The van der Waals surface area contributed by atoms with Crippen molar-refractivity contribution in [3.63, 3.8) is 0 Å². The van der Waals surface area contributed by atoms with E-state index in [9.17, 15) is 9.59 Å². The first-order chi connectivity index (χ1) is 14.0. The number of fused-ring (bicyclic) bond motifs is 1. The highest BCUT2D eigenvalue weighted by Crippen LogP contribution is 2.21. The molecule has 0 aromatic carbocycles. The van der Waals surface area contributed by atoms with Crippen molar-refractivity contribution in [2.45, 2.75) is 51.4 Å². The molecule has 1 fully saturated rings. The third kappa shape index (κ3) is 5.45. The van der Waals surface area contributed by atoms with E-state index in [1.807, 2.05) is 0 Å². The fraction of sp³-hybridized carbons (Fsp3) is 0.579. The number of rotatable bonds is 8. The first kappa shape index (κ1) is 22.9. The number of nitrogens with one attached hydrogen (secondary N) is 1. The summed E-state index contributed by atoms with van der Waals surface area (Å²) in [4.78, 5) is 35.8. The number of amides is 2. The monoisotopic (exact) mass is 496 g/mol. The summed E-state index contributed by atoms with van der Waals surface area (Å²) < 4.78 is 8.12. The Bertz CT molecular complexity index is 938. The zero-order valence-corrected chi connectivity index (χ0v) is 20.4. The Morgan fingerprint density at radius 2 is 2.10 bits per heavy atom. The van der Waals surface area contributed by atoms with E-state index >= 15 is 0 Å². The van der Waals surface area contributed by atoms with E-state index < -0.39 is 14.1 Å². The second kappa shape index (κ2) is 9.12. The Morgan fingerprint density at radius 3 is 2.73 bits per heavy atom. The summed E-state index contributed by atoms with van der Waals surface area (Å²) in [6.45, 7) is 10.5. The van der Waals surface area contributed by atoms with Crippen molar-refractivity contribution < 1.29 is 14.3 Å². The number of nitrogens with zero attached hydrogens (tertiary/aromatic N) is 4. The lowest BCUT2D eigenvalue weighted by molar-refractivity contribution is -0.137. The van der Waals surface area contributed by atoms with Gasteiger partial charge in [0.1, 0.15) is 22.9 Å². The van der Waals surface area contributed by atoms with Crippen LogP contribution in [-0.2, 0) is 16.3 Å². The molecule has 11 heteroatoms. The molecule has 0 radical (unpaired) electrons. The Labute approximate surface area is 185 Å². The third-order valence-electron chi connectivity index (χ3n) is 4.95. The van der Waals surface area contributed by atoms with E-state index in [1.165, 1.54) is 0 Å². The van der Waals surface area contributed by atoms with E-state index in [-0.39, 0.29) is 24.6 Å². The minimum absolute atomic E-state index is 0.0170. The van der Waals surface area contributed by atoms with Crippen LogP contribution in [0, 0.1) is 0 Å². The van der Waals surface area contributed by atoms with Crippen molar-refractivity contribution in [3.8, 4) is 0 Å². The summed E-state index contributed by atoms with van der Waals surface area (Å²) in [5.41, 5.74) is 7.11. The smallest absolute Gasteiger partial charge is 0.255 e. The van der Waals surface area contributed by atoms with Crippen molar-refractivity contribution in [2.75, 3.05) is 19.7 Å². The van der Waals surface area contributed by atoms with Crippen molar-refractivity contribution in [2.24, 2.45) is 5.73 Å². The van der Waals surface area contributed by atoms with Crippen molar-refractivity contribution in [1.82, 2.24) is 24.8 Å². The molecule has 0 aliphatic carbocycles. The minimum Gasteiger partial charge on any atom is -0.361 e. The van der Waals surface area contributed by atoms with Gasteiger partial charge in [0.15, 0.2) is 5.65 Å². The van der Waals surface area contributed by atoms with Crippen molar-refractivity contribution in [3.05, 3.63) is 22.6 Å². The molecule has 3 N–H and O–H groups in total. The van der Waals surface area contributed by atoms with E-state index in [1.54, 1.807) is 28.8 Å². The molecule has 2 aromatic heterocycles. The molecular weight excluding hydrogens is 468 g/mol. The summed E-state index contributed by atoms with van der Waals surface area (Å²) in [6, 6.07) is 0.413. The zero-order chi connectivity index (χ0) is 22.1. The molecule has 1 saturated heterocycles. The summed E-state index contributed by atoms with van der Waals surface area (Å²) in [6.07, 6.45) is 3.26.